The number of thiophene rings is 1. The van der Waals surface area contributed by atoms with E-state index < -0.39 is 0 Å². The number of carbonyl (C=O) groups is 1. The summed E-state index contributed by atoms with van der Waals surface area (Å²) in [7, 11) is 0. The first-order valence-corrected chi connectivity index (χ1v) is 6.65. The molecule has 0 aliphatic heterocycles. The van der Waals surface area contributed by atoms with Crippen LogP contribution in [0, 0.1) is 6.92 Å². The fourth-order valence-electron chi connectivity index (χ4n) is 1.59. The van der Waals surface area contributed by atoms with Crippen LogP contribution in [0.15, 0.2) is 30.3 Å². The molecular formula is C13H13ClN2OS. The predicted molar refractivity (Wildman–Crippen MR) is 76.1 cm³/mol. The smallest absolute Gasteiger partial charge is 0.253 e. The highest BCUT2D eigenvalue weighted by Gasteiger charge is 2.10. The predicted octanol–water partition coefficient (Wildman–Crippen LogP) is 3.22. The first kappa shape index (κ1) is 12.9. The fraction of sp³-hybridized carbons (Fsp3) is 0.154. The number of para-hydroxylation sites is 1. The van der Waals surface area contributed by atoms with E-state index >= 15 is 0 Å². The topological polar surface area (TPSA) is 55.1 Å². The molecule has 0 bridgehead atoms. The van der Waals surface area contributed by atoms with Crippen molar-refractivity contribution < 1.29 is 4.79 Å². The molecule has 1 amide bonds. The number of anilines is 1. The van der Waals surface area contributed by atoms with Crippen LogP contribution in [0.1, 0.15) is 20.8 Å². The number of benzene rings is 1. The quantitative estimate of drug-likeness (QED) is 0.848. The molecule has 0 spiro atoms. The van der Waals surface area contributed by atoms with Gasteiger partial charge in [0.15, 0.2) is 0 Å². The molecule has 5 heteroatoms. The number of aryl methyl sites for hydroxylation is 1. The van der Waals surface area contributed by atoms with Crippen LogP contribution in [0.4, 0.5) is 5.69 Å². The number of hydrogen-bond acceptors (Lipinski definition) is 3. The van der Waals surface area contributed by atoms with E-state index in [1.165, 1.54) is 11.3 Å². The van der Waals surface area contributed by atoms with E-state index in [2.05, 4.69) is 5.32 Å². The van der Waals surface area contributed by atoms with Gasteiger partial charge in [-0.1, -0.05) is 23.7 Å². The van der Waals surface area contributed by atoms with Crippen molar-refractivity contribution in [2.45, 2.75) is 13.5 Å². The number of rotatable bonds is 3. The van der Waals surface area contributed by atoms with Gasteiger partial charge in [-0.25, -0.2) is 0 Å². The lowest BCUT2D eigenvalue weighted by molar-refractivity contribution is 0.0952. The van der Waals surface area contributed by atoms with Gasteiger partial charge < -0.3 is 11.1 Å². The zero-order chi connectivity index (χ0) is 13.1. The second kappa shape index (κ2) is 5.42. The van der Waals surface area contributed by atoms with Crippen LogP contribution in [0.5, 0.6) is 0 Å². The van der Waals surface area contributed by atoms with Gasteiger partial charge in [0.2, 0.25) is 0 Å². The average molecular weight is 281 g/mol. The van der Waals surface area contributed by atoms with Gasteiger partial charge in [-0.15, -0.1) is 11.3 Å². The number of nitrogens with two attached hydrogens (primary N) is 1. The monoisotopic (exact) mass is 280 g/mol. The highest BCUT2D eigenvalue weighted by atomic mass is 35.5. The van der Waals surface area contributed by atoms with E-state index in [0.717, 1.165) is 10.4 Å². The molecule has 1 aromatic heterocycles. The van der Waals surface area contributed by atoms with Crippen LogP contribution in [0.3, 0.4) is 0 Å². The van der Waals surface area contributed by atoms with E-state index in [4.69, 9.17) is 17.3 Å². The minimum absolute atomic E-state index is 0.166. The zero-order valence-corrected chi connectivity index (χ0v) is 11.4. The summed E-state index contributed by atoms with van der Waals surface area (Å²) in [6.45, 7) is 2.34. The number of nitrogens with one attached hydrogen (secondary N) is 1. The van der Waals surface area contributed by atoms with Gasteiger partial charge in [0.25, 0.3) is 5.91 Å². The maximum Gasteiger partial charge on any atom is 0.253 e. The summed E-state index contributed by atoms with van der Waals surface area (Å²) >= 11 is 7.28. The van der Waals surface area contributed by atoms with Crippen LogP contribution in [-0.2, 0) is 6.54 Å². The van der Waals surface area contributed by atoms with Crippen LogP contribution in [0.25, 0.3) is 0 Å². The third kappa shape index (κ3) is 2.83. The SMILES string of the molecule is Cc1cccc(C(=O)NCc2ccc(Cl)s2)c1N. The highest BCUT2D eigenvalue weighted by molar-refractivity contribution is 7.16. The van der Waals surface area contributed by atoms with E-state index in [0.29, 0.717) is 22.1 Å². The molecule has 0 fully saturated rings. The first-order chi connectivity index (χ1) is 8.58. The summed E-state index contributed by atoms with van der Waals surface area (Å²) in [6, 6.07) is 9.13. The molecule has 0 aliphatic carbocycles. The van der Waals surface area contributed by atoms with Crippen LogP contribution >= 0.6 is 22.9 Å². The largest absolute Gasteiger partial charge is 0.398 e. The van der Waals surface area contributed by atoms with E-state index in [1.807, 2.05) is 31.2 Å². The summed E-state index contributed by atoms with van der Waals surface area (Å²) in [6.07, 6.45) is 0. The number of nitrogen functional groups attached to an aromatic ring is 1. The van der Waals surface area contributed by atoms with Gasteiger partial charge in [0, 0.05) is 10.6 Å². The molecule has 1 aromatic carbocycles. The average Bonchev–Trinajstić information content (AvgIpc) is 2.76. The molecule has 0 aliphatic rings. The number of hydrogen-bond donors (Lipinski definition) is 2. The standard InChI is InChI=1S/C13H13ClN2OS/c1-8-3-2-4-10(12(8)15)13(17)16-7-9-5-6-11(14)18-9/h2-6H,7,15H2,1H3,(H,16,17). The van der Waals surface area contributed by atoms with Crippen molar-refractivity contribution in [3.05, 3.63) is 50.7 Å². The molecule has 0 unspecified atom stereocenters. The molecular weight excluding hydrogens is 268 g/mol. The van der Waals surface area contributed by atoms with Gasteiger partial charge in [-0.05, 0) is 30.7 Å². The Kier molecular flexibility index (Phi) is 3.89. The summed E-state index contributed by atoms with van der Waals surface area (Å²) in [4.78, 5) is 13.0. The fourth-order valence-corrected chi connectivity index (χ4v) is 2.62. The van der Waals surface area contributed by atoms with Crippen LogP contribution in [0.2, 0.25) is 4.34 Å². The van der Waals surface area contributed by atoms with Gasteiger partial charge in [0.05, 0.1) is 16.4 Å². The molecule has 0 radical (unpaired) electrons. The molecule has 2 rings (SSSR count). The Morgan fingerprint density at radius 2 is 2.17 bits per heavy atom. The minimum atomic E-state index is -0.166. The maximum atomic E-state index is 12.0. The molecule has 94 valence electrons. The molecule has 3 nitrogen and oxygen atoms in total. The molecule has 1 heterocycles. The van der Waals surface area contributed by atoms with Crippen molar-refractivity contribution in [1.29, 1.82) is 0 Å². The van der Waals surface area contributed by atoms with Crippen molar-refractivity contribution in [3.8, 4) is 0 Å². The molecule has 18 heavy (non-hydrogen) atoms. The number of halogens is 1. The maximum absolute atomic E-state index is 12.0. The second-order valence-corrected chi connectivity index (χ2v) is 5.72. The summed E-state index contributed by atoms with van der Waals surface area (Å²) in [5.41, 5.74) is 7.82. The Morgan fingerprint density at radius 1 is 1.39 bits per heavy atom. The van der Waals surface area contributed by atoms with Crippen molar-refractivity contribution in [2.24, 2.45) is 0 Å². The summed E-state index contributed by atoms with van der Waals surface area (Å²) in [5, 5.41) is 2.83. The van der Waals surface area contributed by atoms with Crippen molar-refractivity contribution in [1.82, 2.24) is 5.32 Å². The Hall–Kier alpha value is -1.52. The molecule has 0 atom stereocenters. The highest BCUT2D eigenvalue weighted by Crippen LogP contribution is 2.21. The first-order valence-electron chi connectivity index (χ1n) is 5.45. The van der Waals surface area contributed by atoms with Crippen molar-refractivity contribution in [3.63, 3.8) is 0 Å². The lowest BCUT2D eigenvalue weighted by atomic mass is 10.1. The molecule has 2 aromatic rings. The Bertz CT molecular complexity index is 580. The summed E-state index contributed by atoms with van der Waals surface area (Å²) in [5.74, 6) is -0.166. The normalized spacial score (nSPS) is 10.3. The molecule has 0 saturated carbocycles. The molecule has 3 N–H and O–H groups in total. The third-order valence-corrected chi connectivity index (χ3v) is 3.85. The Labute approximate surface area is 115 Å². The lowest BCUT2D eigenvalue weighted by Gasteiger charge is -2.08. The number of amides is 1. The third-order valence-electron chi connectivity index (χ3n) is 2.62. The van der Waals surface area contributed by atoms with Crippen molar-refractivity contribution in [2.75, 3.05) is 5.73 Å². The van der Waals surface area contributed by atoms with E-state index in [1.54, 1.807) is 6.07 Å². The summed E-state index contributed by atoms with van der Waals surface area (Å²) < 4.78 is 0.717. The van der Waals surface area contributed by atoms with Crippen LogP contribution < -0.4 is 11.1 Å². The number of carbonyl (C=O) groups excluding carboxylic acids is 1. The van der Waals surface area contributed by atoms with Gasteiger partial charge in [-0.2, -0.15) is 0 Å². The Balaban J connectivity index is 2.06. The lowest BCUT2D eigenvalue weighted by Crippen LogP contribution is -2.23. The minimum Gasteiger partial charge on any atom is -0.398 e. The van der Waals surface area contributed by atoms with E-state index in [9.17, 15) is 4.79 Å². The molecule has 0 saturated heterocycles. The second-order valence-electron chi connectivity index (χ2n) is 3.92. The van der Waals surface area contributed by atoms with Crippen LogP contribution in [-0.4, -0.2) is 5.91 Å². The van der Waals surface area contributed by atoms with Gasteiger partial charge >= 0.3 is 0 Å². The zero-order valence-electron chi connectivity index (χ0n) is 9.87. The van der Waals surface area contributed by atoms with Gasteiger partial charge in [-0.3, -0.25) is 4.79 Å². The van der Waals surface area contributed by atoms with Gasteiger partial charge in [0.1, 0.15) is 0 Å². The Morgan fingerprint density at radius 3 is 2.83 bits per heavy atom. The van der Waals surface area contributed by atoms with E-state index in [-0.39, 0.29) is 5.91 Å². The van der Waals surface area contributed by atoms with Crippen molar-refractivity contribution >= 4 is 34.5 Å².